The van der Waals surface area contributed by atoms with E-state index in [2.05, 4.69) is 25.1 Å². The Bertz CT molecular complexity index is 860. The molecule has 2 N–H and O–H groups in total. The lowest BCUT2D eigenvalue weighted by Gasteiger charge is -2.25. The number of anilines is 1. The minimum Gasteiger partial charge on any atom is -0.368 e. The van der Waals surface area contributed by atoms with Gasteiger partial charge in [-0.2, -0.15) is 22.7 Å². The number of halogens is 3. The van der Waals surface area contributed by atoms with Gasteiger partial charge in [0.2, 0.25) is 10.0 Å². The Morgan fingerprint density at radius 3 is 2.42 bits per heavy atom. The van der Waals surface area contributed by atoms with Crippen molar-refractivity contribution in [2.24, 2.45) is 0 Å². The Morgan fingerprint density at radius 1 is 1.25 bits per heavy atom. The molecule has 0 spiro atoms. The van der Waals surface area contributed by atoms with Crippen LogP contribution in [0.3, 0.4) is 0 Å². The van der Waals surface area contributed by atoms with E-state index in [4.69, 9.17) is 0 Å². The van der Waals surface area contributed by atoms with Gasteiger partial charge >= 0.3 is 6.18 Å². The quantitative estimate of drug-likeness (QED) is 0.824. The Morgan fingerprint density at radius 2 is 1.88 bits per heavy atom. The molecule has 0 atom stereocenters. The number of nitrogens with zero attached hydrogens (tertiary/aromatic N) is 4. The first-order chi connectivity index (χ1) is 10.8. The molecule has 134 valence electrons. The number of rotatable bonds is 5. The second-order valence-electron chi connectivity index (χ2n) is 6.04. The van der Waals surface area contributed by atoms with Crippen LogP contribution < -0.4 is 10.0 Å². The first kappa shape index (κ1) is 18.4. The molecule has 2 heterocycles. The van der Waals surface area contributed by atoms with E-state index < -0.39 is 27.6 Å². The summed E-state index contributed by atoms with van der Waals surface area (Å²) in [6.07, 6.45) is -3.66. The Hall–Kier alpha value is -1.95. The van der Waals surface area contributed by atoms with Gasteiger partial charge < -0.3 is 5.32 Å². The third kappa shape index (κ3) is 4.54. The third-order valence-electron chi connectivity index (χ3n) is 2.87. The van der Waals surface area contributed by atoms with Gasteiger partial charge in [-0.25, -0.2) is 18.1 Å². The summed E-state index contributed by atoms with van der Waals surface area (Å²) in [6.45, 7) is 4.98. The number of hydrogen-bond donors (Lipinski definition) is 2. The van der Waals surface area contributed by atoms with Gasteiger partial charge in [0.15, 0.2) is 0 Å². The molecule has 2 aromatic rings. The van der Waals surface area contributed by atoms with E-state index in [1.165, 1.54) is 6.07 Å². The van der Waals surface area contributed by atoms with Crippen molar-refractivity contribution in [3.8, 4) is 0 Å². The number of nitrogens with one attached hydrogen (secondary N) is 2. The molecule has 12 heteroatoms. The van der Waals surface area contributed by atoms with Gasteiger partial charge in [-0.05, 0) is 20.8 Å². The molecule has 24 heavy (non-hydrogen) atoms. The molecule has 8 nitrogen and oxygen atoms in total. The molecule has 0 bridgehead atoms. The number of sulfonamides is 1. The normalized spacial score (nSPS) is 13.5. The number of aryl methyl sites for hydroxylation is 1. The van der Waals surface area contributed by atoms with Crippen LogP contribution in [0.5, 0.6) is 0 Å². The van der Waals surface area contributed by atoms with E-state index in [0.29, 0.717) is 5.69 Å². The van der Waals surface area contributed by atoms with Gasteiger partial charge in [-0.15, -0.1) is 5.10 Å². The van der Waals surface area contributed by atoms with Crippen LogP contribution in [0.4, 0.5) is 19.0 Å². The summed E-state index contributed by atoms with van der Waals surface area (Å²) in [4.78, 5) is 7.29. The molecule has 0 aromatic carbocycles. The lowest BCUT2D eigenvalue weighted by molar-refractivity contribution is -0.144. The molecule has 2 rings (SSSR count). The maximum absolute atomic E-state index is 12.8. The maximum atomic E-state index is 12.8. The van der Waals surface area contributed by atoms with Crippen molar-refractivity contribution in [3.05, 3.63) is 17.6 Å². The molecule has 0 aliphatic heterocycles. The fraction of sp³-hybridized carbons (Fsp3) is 0.583. The summed E-state index contributed by atoms with van der Waals surface area (Å²) in [5, 5.41) is 6.30. The molecule has 0 aliphatic rings. The van der Waals surface area contributed by atoms with Crippen LogP contribution in [0.25, 0.3) is 5.78 Å². The molecule has 0 radical (unpaired) electrons. The maximum Gasteiger partial charge on any atom is 0.453 e. The summed E-state index contributed by atoms with van der Waals surface area (Å²) in [5.41, 5.74) is -0.426. The molecule has 0 amide bonds. The summed E-state index contributed by atoms with van der Waals surface area (Å²) < 4.78 is 64.3. The molecule has 2 aromatic heterocycles. The lowest BCUT2D eigenvalue weighted by Crippen LogP contribution is -2.48. The van der Waals surface area contributed by atoms with E-state index >= 15 is 0 Å². The van der Waals surface area contributed by atoms with E-state index in [0.717, 1.165) is 10.8 Å². The minimum atomic E-state index is -4.68. The predicted octanol–water partition coefficient (Wildman–Crippen LogP) is 1.19. The van der Waals surface area contributed by atoms with Gasteiger partial charge in [0.1, 0.15) is 5.82 Å². The molecular weight excluding hydrogens is 349 g/mol. The predicted molar refractivity (Wildman–Crippen MR) is 81.1 cm³/mol. The second-order valence-corrected chi connectivity index (χ2v) is 7.79. The molecule has 0 fully saturated rings. The second kappa shape index (κ2) is 5.84. The number of hydrogen-bond acceptors (Lipinski definition) is 6. The monoisotopic (exact) mass is 366 g/mol. The summed E-state index contributed by atoms with van der Waals surface area (Å²) in [5.74, 6) is -1.26. The topological polar surface area (TPSA) is 101 Å². The van der Waals surface area contributed by atoms with E-state index in [1.807, 2.05) is 0 Å². The Kier molecular flexibility index (Phi) is 4.48. The van der Waals surface area contributed by atoms with Crippen molar-refractivity contribution >= 4 is 21.6 Å². The van der Waals surface area contributed by atoms with Crippen molar-refractivity contribution in [1.82, 2.24) is 24.3 Å². The van der Waals surface area contributed by atoms with Crippen LogP contribution in [0, 0.1) is 6.92 Å². The smallest absolute Gasteiger partial charge is 0.368 e. The zero-order valence-electron chi connectivity index (χ0n) is 13.4. The van der Waals surface area contributed by atoms with Gasteiger partial charge in [0.25, 0.3) is 11.6 Å². The van der Waals surface area contributed by atoms with Crippen LogP contribution in [0.15, 0.2) is 6.07 Å². The van der Waals surface area contributed by atoms with E-state index in [-0.39, 0.29) is 18.1 Å². The van der Waals surface area contributed by atoms with E-state index in [9.17, 15) is 21.6 Å². The highest BCUT2D eigenvalue weighted by atomic mass is 32.2. The fourth-order valence-corrected chi connectivity index (χ4v) is 3.16. The number of alkyl halides is 3. The summed E-state index contributed by atoms with van der Waals surface area (Å²) >= 11 is 0. The average Bonchev–Trinajstić information content (AvgIpc) is 2.76. The summed E-state index contributed by atoms with van der Waals surface area (Å²) in [6, 6.07) is 1.50. The van der Waals surface area contributed by atoms with Gasteiger partial charge in [0, 0.05) is 23.8 Å². The van der Waals surface area contributed by atoms with Gasteiger partial charge in [0.05, 0.1) is 6.26 Å². The zero-order valence-corrected chi connectivity index (χ0v) is 14.2. The van der Waals surface area contributed by atoms with Crippen LogP contribution in [0.1, 0.15) is 25.4 Å². The lowest BCUT2D eigenvalue weighted by atomic mass is 10.1. The van der Waals surface area contributed by atoms with Crippen LogP contribution in [0.2, 0.25) is 0 Å². The first-order valence-electron chi connectivity index (χ1n) is 6.81. The molecular formula is C12H17F3N6O2S. The molecule has 0 aliphatic carbocycles. The van der Waals surface area contributed by atoms with Gasteiger partial charge in [-0.1, -0.05) is 0 Å². The van der Waals surface area contributed by atoms with Gasteiger partial charge in [-0.3, -0.25) is 0 Å². The number of fused-ring (bicyclic) bond motifs is 1. The van der Waals surface area contributed by atoms with E-state index in [1.54, 1.807) is 20.8 Å². The van der Waals surface area contributed by atoms with Crippen LogP contribution in [-0.4, -0.2) is 46.3 Å². The largest absolute Gasteiger partial charge is 0.453 e. The highest BCUT2D eigenvalue weighted by Gasteiger charge is 2.37. The third-order valence-corrected chi connectivity index (χ3v) is 3.79. The van der Waals surface area contributed by atoms with Crippen molar-refractivity contribution in [2.45, 2.75) is 32.5 Å². The Labute approximate surface area is 136 Å². The standard InChI is InChI=1S/C12H17F3N6O2S/c1-7-5-8(16-6-11(2,3)20-24(4,22)23)21-10(17-7)18-9(19-21)12(13,14)15/h5,16,20H,6H2,1-4H3. The molecule has 0 saturated carbocycles. The van der Waals surface area contributed by atoms with Crippen molar-refractivity contribution in [1.29, 1.82) is 0 Å². The minimum absolute atomic E-state index is 0.111. The van der Waals surface area contributed by atoms with Crippen molar-refractivity contribution in [3.63, 3.8) is 0 Å². The molecule has 0 unspecified atom stereocenters. The van der Waals surface area contributed by atoms with Crippen LogP contribution in [-0.2, 0) is 16.2 Å². The van der Waals surface area contributed by atoms with Crippen molar-refractivity contribution in [2.75, 3.05) is 18.1 Å². The summed E-state index contributed by atoms with van der Waals surface area (Å²) in [7, 11) is -3.44. The SMILES string of the molecule is Cc1cc(NCC(C)(C)NS(C)(=O)=O)n2nc(C(F)(F)F)nc2n1. The zero-order chi connectivity index (χ0) is 18.3. The first-order valence-corrected chi connectivity index (χ1v) is 8.70. The van der Waals surface area contributed by atoms with Crippen LogP contribution >= 0.6 is 0 Å². The highest BCUT2D eigenvalue weighted by molar-refractivity contribution is 7.88. The van der Waals surface area contributed by atoms with Crippen molar-refractivity contribution < 1.29 is 21.6 Å². The Balaban J connectivity index is 2.33. The average molecular weight is 366 g/mol. The number of aromatic nitrogens is 4. The fourth-order valence-electron chi connectivity index (χ4n) is 2.08. The highest BCUT2D eigenvalue weighted by Crippen LogP contribution is 2.27. The molecule has 0 saturated heterocycles.